The molecule has 3 N–H and O–H groups in total. The fraction of sp³-hybridized carbons (Fsp3) is 0.133. The fourth-order valence-electron chi connectivity index (χ4n) is 1.80. The lowest BCUT2D eigenvalue weighted by Gasteiger charge is -2.13. The van der Waals surface area contributed by atoms with Gasteiger partial charge in [0.2, 0.25) is 0 Å². The Labute approximate surface area is 130 Å². The SMILES string of the molecule is CCOC(=O)c1cccc(Nc2cc(F)ccc2Br)c1N. The Balaban J connectivity index is 2.35. The molecule has 0 saturated heterocycles. The number of rotatable bonds is 4. The highest BCUT2D eigenvalue weighted by atomic mass is 79.9. The van der Waals surface area contributed by atoms with Gasteiger partial charge in [-0.15, -0.1) is 0 Å². The molecular formula is C15H14BrFN2O2. The number of para-hydroxylation sites is 1. The molecule has 0 heterocycles. The normalized spacial score (nSPS) is 10.2. The molecule has 2 aromatic carbocycles. The first-order valence-electron chi connectivity index (χ1n) is 6.30. The van der Waals surface area contributed by atoms with E-state index in [2.05, 4.69) is 21.2 Å². The molecule has 6 heteroatoms. The fourth-order valence-corrected chi connectivity index (χ4v) is 2.15. The number of hydrogen-bond donors (Lipinski definition) is 2. The van der Waals surface area contributed by atoms with E-state index in [0.29, 0.717) is 15.8 Å². The molecule has 0 aromatic heterocycles. The molecule has 2 rings (SSSR count). The van der Waals surface area contributed by atoms with Crippen molar-refractivity contribution >= 4 is 39.0 Å². The predicted molar refractivity (Wildman–Crippen MR) is 84.2 cm³/mol. The second-order valence-corrected chi connectivity index (χ2v) is 5.09. The lowest BCUT2D eigenvalue weighted by molar-refractivity contribution is 0.0527. The Kier molecular flexibility index (Phi) is 4.80. The van der Waals surface area contributed by atoms with Crippen LogP contribution in [0.2, 0.25) is 0 Å². The molecule has 0 aliphatic rings. The Hall–Kier alpha value is -2.08. The van der Waals surface area contributed by atoms with E-state index in [1.54, 1.807) is 31.2 Å². The number of nitrogen functional groups attached to an aromatic ring is 1. The lowest BCUT2D eigenvalue weighted by Crippen LogP contribution is -2.09. The molecule has 0 radical (unpaired) electrons. The molecule has 21 heavy (non-hydrogen) atoms. The first kappa shape index (κ1) is 15.3. The second-order valence-electron chi connectivity index (χ2n) is 4.24. The molecule has 0 atom stereocenters. The van der Waals surface area contributed by atoms with Crippen LogP contribution >= 0.6 is 15.9 Å². The number of carbonyl (C=O) groups is 1. The molecule has 110 valence electrons. The van der Waals surface area contributed by atoms with Gasteiger partial charge in [0.1, 0.15) is 5.82 Å². The summed E-state index contributed by atoms with van der Waals surface area (Å²) in [7, 11) is 0. The maximum Gasteiger partial charge on any atom is 0.340 e. The van der Waals surface area contributed by atoms with E-state index < -0.39 is 5.97 Å². The van der Waals surface area contributed by atoms with Gasteiger partial charge >= 0.3 is 5.97 Å². The summed E-state index contributed by atoms with van der Waals surface area (Å²) in [5.41, 5.74) is 7.53. The van der Waals surface area contributed by atoms with Crippen LogP contribution in [-0.2, 0) is 4.74 Å². The minimum atomic E-state index is -0.489. The summed E-state index contributed by atoms with van der Waals surface area (Å²) in [4.78, 5) is 11.8. The predicted octanol–water partition coefficient (Wildman–Crippen LogP) is 4.09. The van der Waals surface area contributed by atoms with Crippen LogP contribution in [0.1, 0.15) is 17.3 Å². The van der Waals surface area contributed by atoms with E-state index in [4.69, 9.17) is 10.5 Å². The standard InChI is InChI=1S/C15H14BrFN2O2/c1-2-21-15(20)10-4-3-5-12(14(10)18)19-13-8-9(17)6-7-11(13)16/h3-8,19H,2,18H2,1H3. The first-order chi connectivity index (χ1) is 10.0. The van der Waals surface area contributed by atoms with Gasteiger partial charge in [-0.3, -0.25) is 0 Å². The van der Waals surface area contributed by atoms with Crippen molar-refractivity contribution in [2.24, 2.45) is 0 Å². The lowest BCUT2D eigenvalue weighted by atomic mass is 10.1. The van der Waals surface area contributed by atoms with E-state index in [9.17, 15) is 9.18 Å². The molecule has 0 fully saturated rings. The zero-order chi connectivity index (χ0) is 15.4. The summed E-state index contributed by atoms with van der Waals surface area (Å²) in [5.74, 6) is -0.863. The average Bonchev–Trinajstić information content (AvgIpc) is 2.45. The largest absolute Gasteiger partial charge is 0.462 e. The maximum atomic E-state index is 13.3. The molecule has 0 unspecified atom stereocenters. The molecule has 0 spiro atoms. The monoisotopic (exact) mass is 352 g/mol. The molecule has 4 nitrogen and oxygen atoms in total. The van der Waals surface area contributed by atoms with Gasteiger partial charge in [0.05, 0.1) is 29.2 Å². The summed E-state index contributed by atoms with van der Waals surface area (Å²) >= 11 is 3.32. The minimum Gasteiger partial charge on any atom is -0.462 e. The van der Waals surface area contributed by atoms with Crippen molar-refractivity contribution in [3.8, 4) is 0 Å². The van der Waals surface area contributed by atoms with E-state index in [0.717, 1.165) is 0 Å². The summed E-state index contributed by atoms with van der Waals surface area (Å²) < 4.78 is 18.9. The quantitative estimate of drug-likeness (QED) is 0.642. The van der Waals surface area contributed by atoms with Crippen LogP contribution < -0.4 is 11.1 Å². The van der Waals surface area contributed by atoms with Crippen molar-refractivity contribution in [1.82, 2.24) is 0 Å². The van der Waals surface area contributed by atoms with Crippen LogP contribution in [0, 0.1) is 5.82 Å². The van der Waals surface area contributed by atoms with Crippen LogP contribution in [0.15, 0.2) is 40.9 Å². The number of esters is 1. The van der Waals surface area contributed by atoms with Gasteiger partial charge in [0, 0.05) is 4.47 Å². The highest BCUT2D eigenvalue weighted by Gasteiger charge is 2.14. The van der Waals surface area contributed by atoms with Crippen LogP contribution in [0.25, 0.3) is 0 Å². The van der Waals surface area contributed by atoms with Crippen molar-refractivity contribution in [3.05, 3.63) is 52.3 Å². The van der Waals surface area contributed by atoms with Crippen molar-refractivity contribution in [3.63, 3.8) is 0 Å². The van der Waals surface area contributed by atoms with Gasteiger partial charge in [-0.25, -0.2) is 9.18 Å². The van der Waals surface area contributed by atoms with Crippen LogP contribution in [0.4, 0.5) is 21.5 Å². The Morgan fingerprint density at radius 1 is 1.33 bits per heavy atom. The second kappa shape index (κ2) is 6.58. The molecule has 0 saturated carbocycles. The molecule has 0 aliphatic heterocycles. The van der Waals surface area contributed by atoms with Gasteiger partial charge in [-0.1, -0.05) is 6.07 Å². The number of halogens is 2. The van der Waals surface area contributed by atoms with E-state index in [1.807, 2.05) is 0 Å². The van der Waals surface area contributed by atoms with E-state index in [-0.39, 0.29) is 23.7 Å². The minimum absolute atomic E-state index is 0.257. The average molecular weight is 353 g/mol. The Morgan fingerprint density at radius 3 is 2.81 bits per heavy atom. The van der Waals surface area contributed by atoms with Gasteiger partial charge in [0.25, 0.3) is 0 Å². The van der Waals surface area contributed by atoms with Crippen molar-refractivity contribution in [2.45, 2.75) is 6.92 Å². The number of nitrogens with one attached hydrogen (secondary N) is 1. The van der Waals surface area contributed by atoms with Gasteiger partial charge in [-0.2, -0.15) is 0 Å². The number of carbonyl (C=O) groups excluding carboxylic acids is 1. The van der Waals surface area contributed by atoms with Gasteiger partial charge < -0.3 is 15.8 Å². The zero-order valence-corrected chi connectivity index (χ0v) is 12.9. The zero-order valence-electron chi connectivity index (χ0n) is 11.3. The summed E-state index contributed by atoms with van der Waals surface area (Å²) in [6, 6.07) is 9.23. The summed E-state index contributed by atoms with van der Waals surface area (Å²) in [6.07, 6.45) is 0. The summed E-state index contributed by atoms with van der Waals surface area (Å²) in [6.45, 7) is 1.99. The Bertz CT molecular complexity index is 677. The maximum absolute atomic E-state index is 13.3. The third-order valence-electron chi connectivity index (χ3n) is 2.80. The summed E-state index contributed by atoms with van der Waals surface area (Å²) in [5, 5.41) is 3.00. The smallest absolute Gasteiger partial charge is 0.340 e. The van der Waals surface area contributed by atoms with Gasteiger partial charge in [-0.05, 0) is 53.2 Å². The number of benzene rings is 2. The van der Waals surface area contributed by atoms with Crippen LogP contribution in [-0.4, -0.2) is 12.6 Å². The third kappa shape index (κ3) is 3.52. The highest BCUT2D eigenvalue weighted by Crippen LogP contribution is 2.31. The van der Waals surface area contributed by atoms with Crippen molar-refractivity contribution in [1.29, 1.82) is 0 Å². The third-order valence-corrected chi connectivity index (χ3v) is 3.49. The van der Waals surface area contributed by atoms with E-state index >= 15 is 0 Å². The first-order valence-corrected chi connectivity index (χ1v) is 7.10. The molecule has 0 amide bonds. The number of ether oxygens (including phenoxy) is 1. The number of nitrogens with two attached hydrogens (primary N) is 1. The highest BCUT2D eigenvalue weighted by molar-refractivity contribution is 9.10. The van der Waals surface area contributed by atoms with Crippen LogP contribution in [0.3, 0.4) is 0 Å². The number of anilines is 3. The van der Waals surface area contributed by atoms with E-state index in [1.165, 1.54) is 12.1 Å². The number of hydrogen-bond acceptors (Lipinski definition) is 4. The Morgan fingerprint density at radius 2 is 2.10 bits per heavy atom. The molecule has 2 aromatic rings. The molecule has 0 bridgehead atoms. The van der Waals surface area contributed by atoms with Crippen molar-refractivity contribution < 1.29 is 13.9 Å². The molecular weight excluding hydrogens is 339 g/mol. The van der Waals surface area contributed by atoms with Crippen molar-refractivity contribution in [2.75, 3.05) is 17.7 Å². The topological polar surface area (TPSA) is 64.3 Å². The molecule has 0 aliphatic carbocycles. The van der Waals surface area contributed by atoms with Gasteiger partial charge in [0.15, 0.2) is 0 Å². The van der Waals surface area contributed by atoms with Crippen LogP contribution in [0.5, 0.6) is 0 Å².